The molecular weight excluding hydrogens is 368 g/mol. The molecule has 2 unspecified atom stereocenters. The molecule has 26 heavy (non-hydrogen) atoms. The SMILES string of the molecule is CSCCC(NC(=O)CNC(=O)CNC(=O)C(N)CCC(=O)O)C(=O)O. The van der Waals surface area contributed by atoms with Crippen LogP contribution in [-0.2, 0) is 24.0 Å². The second-order valence-corrected chi connectivity index (χ2v) is 6.26. The molecule has 7 N–H and O–H groups in total. The van der Waals surface area contributed by atoms with Crippen molar-refractivity contribution in [3.63, 3.8) is 0 Å². The Hall–Kier alpha value is -2.34. The molecule has 3 amide bonds. The molecule has 0 rings (SSSR count). The van der Waals surface area contributed by atoms with Crippen LogP contribution in [0.1, 0.15) is 19.3 Å². The second-order valence-electron chi connectivity index (χ2n) is 5.27. The van der Waals surface area contributed by atoms with Crippen molar-refractivity contribution in [1.82, 2.24) is 16.0 Å². The lowest BCUT2D eigenvalue weighted by Gasteiger charge is -2.14. The van der Waals surface area contributed by atoms with Crippen LogP contribution in [0.25, 0.3) is 0 Å². The van der Waals surface area contributed by atoms with Crippen LogP contribution < -0.4 is 21.7 Å². The van der Waals surface area contributed by atoms with Crippen LogP contribution in [0, 0.1) is 0 Å². The summed E-state index contributed by atoms with van der Waals surface area (Å²) in [6.07, 6.45) is 1.71. The summed E-state index contributed by atoms with van der Waals surface area (Å²) >= 11 is 1.44. The van der Waals surface area contributed by atoms with E-state index < -0.39 is 54.8 Å². The summed E-state index contributed by atoms with van der Waals surface area (Å²) in [4.78, 5) is 56.2. The molecule has 11 nitrogen and oxygen atoms in total. The number of nitrogens with two attached hydrogens (primary N) is 1. The fourth-order valence-electron chi connectivity index (χ4n) is 1.69. The summed E-state index contributed by atoms with van der Waals surface area (Å²) in [5.41, 5.74) is 5.47. The Morgan fingerprint density at radius 1 is 1.00 bits per heavy atom. The van der Waals surface area contributed by atoms with E-state index in [1.54, 1.807) is 0 Å². The molecule has 148 valence electrons. The van der Waals surface area contributed by atoms with Gasteiger partial charge in [-0.2, -0.15) is 11.8 Å². The normalized spacial score (nSPS) is 12.5. The van der Waals surface area contributed by atoms with Crippen LogP contribution in [0.3, 0.4) is 0 Å². The smallest absolute Gasteiger partial charge is 0.326 e. The van der Waals surface area contributed by atoms with Crippen molar-refractivity contribution in [2.75, 3.05) is 25.1 Å². The topological polar surface area (TPSA) is 188 Å². The fourth-order valence-corrected chi connectivity index (χ4v) is 2.16. The van der Waals surface area contributed by atoms with Gasteiger partial charge in [0.15, 0.2) is 0 Å². The molecule has 0 spiro atoms. The molecule has 0 saturated heterocycles. The highest BCUT2D eigenvalue weighted by Gasteiger charge is 2.20. The lowest BCUT2D eigenvalue weighted by atomic mass is 10.1. The Bertz CT molecular complexity index is 529. The maximum absolute atomic E-state index is 11.7. The Kier molecular flexibility index (Phi) is 11.8. The molecule has 0 fully saturated rings. The van der Waals surface area contributed by atoms with E-state index in [9.17, 15) is 24.0 Å². The van der Waals surface area contributed by atoms with Gasteiger partial charge in [0, 0.05) is 6.42 Å². The largest absolute Gasteiger partial charge is 0.481 e. The van der Waals surface area contributed by atoms with Crippen molar-refractivity contribution < 1.29 is 34.2 Å². The number of thioether (sulfide) groups is 1. The van der Waals surface area contributed by atoms with Gasteiger partial charge in [-0.25, -0.2) is 4.79 Å². The number of carbonyl (C=O) groups is 5. The second kappa shape index (κ2) is 12.9. The number of hydrogen-bond donors (Lipinski definition) is 6. The standard InChI is InChI=1S/C14H24N4O7S/c1-26-5-4-9(14(24)25)18-11(20)7-16-10(19)6-17-13(23)8(15)2-3-12(21)22/h8-9H,2-7,15H2,1H3,(H,16,19)(H,17,23)(H,18,20)(H,21,22)(H,24,25). The molecule has 0 radical (unpaired) electrons. The average Bonchev–Trinajstić information content (AvgIpc) is 2.58. The summed E-state index contributed by atoms with van der Waals surface area (Å²) in [6.45, 7) is -0.884. The molecule has 0 saturated carbocycles. The molecular formula is C14H24N4O7S. The van der Waals surface area contributed by atoms with Crippen LogP contribution in [-0.4, -0.2) is 77.1 Å². The van der Waals surface area contributed by atoms with Gasteiger partial charge in [0.1, 0.15) is 6.04 Å². The van der Waals surface area contributed by atoms with Crippen LogP contribution in [0.4, 0.5) is 0 Å². The molecule has 0 aromatic carbocycles. The zero-order valence-electron chi connectivity index (χ0n) is 14.3. The zero-order chi connectivity index (χ0) is 20.1. The Morgan fingerprint density at radius 2 is 1.62 bits per heavy atom. The predicted molar refractivity (Wildman–Crippen MR) is 93.4 cm³/mol. The van der Waals surface area contributed by atoms with Crippen molar-refractivity contribution in [2.24, 2.45) is 5.73 Å². The number of carboxylic acid groups (broad SMARTS) is 2. The van der Waals surface area contributed by atoms with Gasteiger partial charge in [0.05, 0.1) is 19.1 Å². The molecule has 0 aliphatic rings. The number of amides is 3. The Morgan fingerprint density at radius 3 is 2.15 bits per heavy atom. The quantitative estimate of drug-likeness (QED) is 0.201. The highest BCUT2D eigenvalue weighted by molar-refractivity contribution is 7.98. The van der Waals surface area contributed by atoms with Crippen molar-refractivity contribution in [3.8, 4) is 0 Å². The third-order valence-electron chi connectivity index (χ3n) is 3.12. The molecule has 0 heterocycles. The maximum Gasteiger partial charge on any atom is 0.326 e. The molecule has 0 aliphatic carbocycles. The highest BCUT2D eigenvalue weighted by atomic mass is 32.2. The first-order valence-electron chi connectivity index (χ1n) is 7.70. The van der Waals surface area contributed by atoms with Gasteiger partial charge in [0.2, 0.25) is 17.7 Å². The van der Waals surface area contributed by atoms with Gasteiger partial charge < -0.3 is 31.9 Å². The van der Waals surface area contributed by atoms with E-state index in [0.717, 1.165) is 0 Å². The third kappa shape index (κ3) is 11.3. The molecule has 0 aliphatic heterocycles. The van der Waals surface area contributed by atoms with Crippen LogP contribution >= 0.6 is 11.8 Å². The fraction of sp³-hybridized carbons (Fsp3) is 0.643. The zero-order valence-corrected chi connectivity index (χ0v) is 15.1. The average molecular weight is 392 g/mol. The van der Waals surface area contributed by atoms with Gasteiger partial charge in [-0.3, -0.25) is 19.2 Å². The first kappa shape index (κ1) is 23.7. The Labute approximate surface area is 154 Å². The third-order valence-corrected chi connectivity index (χ3v) is 3.76. The van der Waals surface area contributed by atoms with Gasteiger partial charge >= 0.3 is 11.9 Å². The summed E-state index contributed by atoms with van der Waals surface area (Å²) in [5, 5.41) is 24.2. The predicted octanol–water partition coefficient (Wildman–Crippen LogP) is -2.27. The van der Waals surface area contributed by atoms with E-state index in [1.165, 1.54) is 11.8 Å². The van der Waals surface area contributed by atoms with E-state index in [0.29, 0.717) is 5.75 Å². The number of carbonyl (C=O) groups excluding carboxylic acids is 3. The summed E-state index contributed by atoms with van der Waals surface area (Å²) < 4.78 is 0. The van der Waals surface area contributed by atoms with Crippen LogP contribution in [0.5, 0.6) is 0 Å². The molecule has 0 bridgehead atoms. The van der Waals surface area contributed by atoms with Gasteiger partial charge in [-0.15, -0.1) is 0 Å². The molecule has 0 aromatic rings. The van der Waals surface area contributed by atoms with Crippen LogP contribution in [0.2, 0.25) is 0 Å². The van der Waals surface area contributed by atoms with E-state index in [-0.39, 0.29) is 19.3 Å². The van der Waals surface area contributed by atoms with E-state index in [2.05, 4.69) is 16.0 Å². The number of carboxylic acids is 2. The monoisotopic (exact) mass is 392 g/mol. The lowest BCUT2D eigenvalue weighted by molar-refractivity contribution is -0.141. The molecule has 2 atom stereocenters. The van der Waals surface area contributed by atoms with E-state index in [1.807, 2.05) is 6.26 Å². The van der Waals surface area contributed by atoms with Gasteiger partial charge in [-0.05, 0) is 24.9 Å². The minimum atomic E-state index is -1.17. The van der Waals surface area contributed by atoms with E-state index in [4.69, 9.17) is 15.9 Å². The first-order chi connectivity index (χ1) is 12.2. The Balaban J connectivity index is 4.13. The number of nitrogens with one attached hydrogen (secondary N) is 3. The van der Waals surface area contributed by atoms with Gasteiger partial charge in [-0.1, -0.05) is 0 Å². The van der Waals surface area contributed by atoms with E-state index >= 15 is 0 Å². The summed E-state index contributed by atoms with van der Waals surface area (Å²) in [7, 11) is 0. The minimum Gasteiger partial charge on any atom is -0.481 e. The first-order valence-corrected chi connectivity index (χ1v) is 9.09. The summed E-state index contributed by atoms with van der Waals surface area (Å²) in [5.74, 6) is -3.73. The highest BCUT2D eigenvalue weighted by Crippen LogP contribution is 2.00. The number of rotatable bonds is 13. The maximum atomic E-state index is 11.7. The number of aliphatic carboxylic acids is 2. The van der Waals surface area contributed by atoms with Crippen molar-refractivity contribution in [2.45, 2.75) is 31.3 Å². The van der Waals surface area contributed by atoms with Crippen molar-refractivity contribution >= 4 is 41.4 Å². The molecule has 12 heteroatoms. The lowest BCUT2D eigenvalue weighted by Crippen LogP contribution is -2.48. The van der Waals surface area contributed by atoms with Crippen LogP contribution in [0.15, 0.2) is 0 Å². The van der Waals surface area contributed by atoms with Crippen molar-refractivity contribution in [3.05, 3.63) is 0 Å². The number of hydrogen-bond acceptors (Lipinski definition) is 7. The van der Waals surface area contributed by atoms with Gasteiger partial charge in [0.25, 0.3) is 0 Å². The molecule has 0 aromatic heterocycles. The summed E-state index contributed by atoms with van der Waals surface area (Å²) in [6, 6.07) is -2.10. The van der Waals surface area contributed by atoms with Crippen molar-refractivity contribution in [1.29, 1.82) is 0 Å². The minimum absolute atomic E-state index is 0.0716.